The highest BCUT2D eigenvalue weighted by Gasteiger charge is 2.21. The Morgan fingerprint density at radius 3 is 2.33 bits per heavy atom. The molecule has 1 aliphatic heterocycles. The van der Waals surface area contributed by atoms with E-state index in [0.29, 0.717) is 5.56 Å². The number of anilines is 2. The second-order valence-electron chi connectivity index (χ2n) is 5.67. The Hall–Kier alpha value is -3.20. The maximum Gasteiger partial charge on any atom is 0.225 e. The average Bonchev–Trinajstić information content (AvgIpc) is 2.68. The maximum absolute atomic E-state index is 9.43. The molecule has 1 aliphatic rings. The van der Waals surface area contributed by atoms with Crippen LogP contribution in [0.25, 0.3) is 10.8 Å². The van der Waals surface area contributed by atoms with Gasteiger partial charge in [-0.25, -0.2) is 15.0 Å². The third-order valence-electron chi connectivity index (χ3n) is 4.31. The van der Waals surface area contributed by atoms with Crippen LogP contribution in [0.4, 0.5) is 11.8 Å². The second-order valence-corrected chi connectivity index (χ2v) is 5.67. The van der Waals surface area contributed by atoms with Gasteiger partial charge in [-0.1, -0.05) is 12.1 Å². The lowest BCUT2D eigenvalue weighted by molar-refractivity contribution is 0.636. The van der Waals surface area contributed by atoms with Crippen molar-refractivity contribution in [3.63, 3.8) is 0 Å². The summed E-state index contributed by atoms with van der Waals surface area (Å²) in [4.78, 5) is 17.6. The van der Waals surface area contributed by atoms with Crippen LogP contribution in [-0.4, -0.2) is 41.1 Å². The molecule has 1 fully saturated rings. The minimum absolute atomic E-state index is 0.671. The first-order chi connectivity index (χ1) is 11.9. The van der Waals surface area contributed by atoms with Gasteiger partial charge < -0.3 is 9.80 Å². The van der Waals surface area contributed by atoms with E-state index in [0.717, 1.165) is 48.7 Å². The number of nitrogens with zero attached hydrogens (tertiary/aromatic N) is 6. The van der Waals surface area contributed by atoms with Gasteiger partial charge in [0.05, 0.1) is 11.6 Å². The fraction of sp³-hybridized carbons (Fsp3) is 0.222. The Labute approximate surface area is 140 Å². The van der Waals surface area contributed by atoms with Crippen LogP contribution in [0.1, 0.15) is 5.56 Å². The summed E-state index contributed by atoms with van der Waals surface area (Å²) < 4.78 is 0. The zero-order valence-electron chi connectivity index (χ0n) is 13.1. The van der Waals surface area contributed by atoms with Crippen LogP contribution < -0.4 is 9.80 Å². The molecule has 0 N–H and O–H groups in total. The highest BCUT2D eigenvalue weighted by molar-refractivity contribution is 5.96. The van der Waals surface area contributed by atoms with Gasteiger partial charge in [-0.15, -0.1) is 0 Å². The molecule has 0 saturated carbocycles. The maximum atomic E-state index is 9.43. The predicted molar refractivity (Wildman–Crippen MR) is 92.9 cm³/mol. The minimum atomic E-state index is 0.671. The first kappa shape index (κ1) is 14.4. The molecule has 0 aliphatic carbocycles. The van der Waals surface area contributed by atoms with Crippen molar-refractivity contribution in [2.24, 2.45) is 0 Å². The summed E-state index contributed by atoms with van der Waals surface area (Å²) in [5, 5.41) is 11.4. The Morgan fingerprint density at radius 1 is 0.833 bits per heavy atom. The first-order valence-electron chi connectivity index (χ1n) is 7.91. The molecule has 6 heteroatoms. The Kier molecular flexibility index (Phi) is 3.67. The van der Waals surface area contributed by atoms with E-state index in [1.807, 2.05) is 36.5 Å². The molecule has 3 aromatic rings. The summed E-state index contributed by atoms with van der Waals surface area (Å²) >= 11 is 0. The van der Waals surface area contributed by atoms with Crippen molar-refractivity contribution in [1.29, 1.82) is 5.26 Å². The molecule has 118 valence electrons. The highest BCUT2D eigenvalue weighted by Crippen LogP contribution is 2.28. The molecule has 3 heterocycles. The molecule has 1 saturated heterocycles. The second kappa shape index (κ2) is 6.13. The Balaban J connectivity index is 1.63. The predicted octanol–water partition coefficient (Wildman–Crippen LogP) is 2.22. The third kappa shape index (κ3) is 2.50. The van der Waals surface area contributed by atoms with Gasteiger partial charge in [-0.2, -0.15) is 5.26 Å². The van der Waals surface area contributed by atoms with E-state index in [2.05, 4.69) is 30.8 Å². The van der Waals surface area contributed by atoms with E-state index < -0.39 is 0 Å². The molecule has 2 aromatic heterocycles. The summed E-state index contributed by atoms with van der Waals surface area (Å²) in [5.41, 5.74) is 0.671. The lowest BCUT2D eigenvalue weighted by atomic mass is 10.1. The summed E-state index contributed by atoms with van der Waals surface area (Å²) in [7, 11) is 0. The van der Waals surface area contributed by atoms with E-state index in [1.54, 1.807) is 12.4 Å². The van der Waals surface area contributed by atoms with Crippen LogP contribution in [0, 0.1) is 11.3 Å². The van der Waals surface area contributed by atoms with Gasteiger partial charge in [0.15, 0.2) is 0 Å². The molecular formula is C18H16N6. The van der Waals surface area contributed by atoms with E-state index >= 15 is 0 Å². The average molecular weight is 316 g/mol. The van der Waals surface area contributed by atoms with Gasteiger partial charge >= 0.3 is 0 Å². The van der Waals surface area contributed by atoms with Gasteiger partial charge in [-0.05, 0) is 23.6 Å². The van der Waals surface area contributed by atoms with E-state index in [1.165, 1.54) is 0 Å². The van der Waals surface area contributed by atoms with Gasteiger partial charge in [-0.3, -0.25) is 0 Å². The summed E-state index contributed by atoms with van der Waals surface area (Å²) in [6, 6.07) is 11.8. The van der Waals surface area contributed by atoms with Crippen LogP contribution in [-0.2, 0) is 0 Å². The lowest BCUT2D eigenvalue weighted by Crippen LogP contribution is -2.47. The van der Waals surface area contributed by atoms with E-state index in [-0.39, 0.29) is 0 Å². The third-order valence-corrected chi connectivity index (χ3v) is 4.31. The standard InChI is InChI=1S/C18H16N6/c19-13-15-4-1-3-14-5-8-20-17(16(14)15)23-9-11-24(12-10-23)18-21-6-2-7-22-18/h1-8H,9-12H2. The zero-order valence-corrected chi connectivity index (χ0v) is 13.1. The zero-order chi connectivity index (χ0) is 16.4. The summed E-state index contributed by atoms with van der Waals surface area (Å²) in [5.74, 6) is 1.65. The molecule has 6 nitrogen and oxygen atoms in total. The van der Waals surface area contributed by atoms with Crippen molar-refractivity contribution >= 4 is 22.5 Å². The quantitative estimate of drug-likeness (QED) is 0.722. The number of aromatic nitrogens is 3. The number of piperazine rings is 1. The molecule has 0 amide bonds. The largest absolute Gasteiger partial charge is 0.353 e. The summed E-state index contributed by atoms with van der Waals surface area (Å²) in [6.45, 7) is 3.31. The molecule has 4 rings (SSSR count). The number of benzene rings is 1. The van der Waals surface area contributed by atoms with Crippen molar-refractivity contribution in [2.45, 2.75) is 0 Å². The number of hydrogen-bond donors (Lipinski definition) is 0. The van der Waals surface area contributed by atoms with Gasteiger partial charge in [0.2, 0.25) is 5.95 Å². The molecule has 24 heavy (non-hydrogen) atoms. The van der Waals surface area contributed by atoms with Crippen LogP contribution in [0.3, 0.4) is 0 Å². The first-order valence-corrected chi connectivity index (χ1v) is 7.91. The number of pyridine rings is 1. The fourth-order valence-electron chi connectivity index (χ4n) is 3.12. The molecule has 0 atom stereocenters. The molecule has 0 unspecified atom stereocenters. The fourth-order valence-corrected chi connectivity index (χ4v) is 3.12. The van der Waals surface area contributed by atoms with Gasteiger partial charge in [0.1, 0.15) is 5.82 Å². The van der Waals surface area contributed by atoms with Gasteiger partial charge in [0, 0.05) is 50.2 Å². The Bertz CT molecular complexity index is 889. The molecule has 0 bridgehead atoms. The SMILES string of the molecule is N#Cc1cccc2ccnc(N3CCN(c4ncccn4)CC3)c12. The minimum Gasteiger partial charge on any atom is -0.353 e. The number of fused-ring (bicyclic) bond motifs is 1. The van der Waals surface area contributed by atoms with Crippen molar-refractivity contribution in [3.05, 3.63) is 54.5 Å². The monoisotopic (exact) mass is 316 g/mol. The lowest BCUT2D eigenvalue weighted by Gasteiger charge is -2.35. The Morgan fingerprint density at radius 2 is 1.58 bits per heavy atom. The van der Waals surface area contributed by atoms with Crippen LogP contribution in [0.5, 0.6) is 0 Å². The highest BCUT2D eigenvalue weighted by atomic mass is 15.3. The topological polar surface area (TPSA) is 68.9 Å². The van der Waals surface area contributed by atoms with Crippen LogP contribution in [0.15, 0.2) is 48.9 Å². The van der Waals surface area contributed by atoms with Crippen molar-refractivity contribution < 1.29 is 0 Å². The smallest absolute Gasteiger partial charge is 0.225 e. The van der Waals surface area contributed by atoms with Crippen LogP contribution >= 0.6 is 0 Å². The number of nitriles is 1. The number of rotatable bonds is 2. The van der Waals surface area contributed by atoms with Crippen molar-refractivity contribution in [3.8, 4) is 6.07 Å². The van der Waals surface area contributed by atoms with Crippen LogP contribution in [0.2, 0.25) is 0 Å². The molecule has 0 spiro atoms. The van der Waals surface area contributed by atoms with E-state index in [4.69, 9.17) is 0 Å². The van der Waals surface area contributed by atoms with E-state index in [9.17, 15) is 5.26 Å². The van der Waals surface area contributed by atoms with Crippen molar-refractivity contribution in [2.75, 3.05) is 36.0 Å². The van der Waals surface area contributed by atoms with Crippen molar-refractivity contribution in [1.82, 2.24) is 15.0 Å². The molecular weight excluding hydrogens is 300 g/mol. The number of hydrogen-bond acceptors (Lipinski definition) is 6. The molecule has 0 radical (unpaired) electrons. The summed E-state index contributed by atoms with van der Waals surface area (Å²) in [6.07, 6.45) is 5.34. The molecule has 1 aromatic carbocycles. The normalized spacial score (nSPS) is 14.6. The van der Waals surface area contributed by atoms with Gasteiger partial charge in [0.25, 0.3) is 0 Å².